The average molecular weight is 439 g/mol. The first-order valence-corrected chi connectivity index (χ1v) is 11.2. The van der Waals surface area contributed by atoms with E-state index in [0.29, 0.717) is 28.5 Å². The van der Waals surface area contributed by atoms with Gasteiger partial charge in [0.25, 0.3) is 11.7 Å². The number of amides is 2. The van der Waals surface area contributed by atoms with Crippen LogP contribution in [0.2, 0.25) is 0 Å². The fourth-order valence-electron chi connectivity index (χ4n) is 4.27. The number of fused-ring (bicyclic) bond motifs is 1. The maximum absolute atomic E-state index is 13.0. The second-order valence-electron chi connectivity index (χ2n) is 8.72. The van der Waals surface area contributed by atoms with Crippen molar-refractivity contribution in [2.24, 2.45) is 5.92 Å². The number of ether oxygens (including phenoxy) is 3. The molecule has 2 aromatic carbocycles. The molecular weight excluding hydrogens is 408 g/mol. The number of rotatable bonds is 6. The van der Waals surface area contributed by atoms with Gasteiger partial charge < -0.3 is 24.8 Å². The molecule has 1 saturated carbocycles. The first kappa shape index (κ1) is 22.0. The van der Waals surface area contributed by atoms with Gasteiger partial charge in [0.15, 0.2) is 11.5 Å². The number of hydrogen-bond acceptors (Lipinski definition) is 5. The Hall–Kier alpha value is -3.22. The lowest BCUT2D eigenvalue weighted by atomic mass is 9.94. The molecule has 2 aliphatic rings. The van der Waals surface area contributed by atoms with Crippen LogP contribution in [0.15, 0.2) is 42.5 Å². The van der Waals surface area contributed by atoms with Crippen LogP contribution in [0.25, 0.3) is 0 Å². The third kappa shape index (κ3) is 4.52. The standard InChI is InChI=1S/C25H30N2O5/c1-16(2)22(27-23(28)18-9-5-6-10-19(18)30-3)24(29)26-17-11-12-20-21(15-17)32-25(31-20)13-7-4-8-14-25/h5-6,9-12,15-16,22H,4,7-8,13-14H2,1-3H3,(H,26,29)(H,27,28)/t22-/m0/s1. The van der Waals surface area contributed by atoms with Gasteiger partial charge >= 0.3 is 0 Å². The summed E-state index contributed by atoms with van der Waals surface area (Å²) in [5.41, 5.74) is 0.983. The van der Waals surface area contributed by atoms with Gasteiger partial charge in [0.05, 0.1) is 12.7 Å². The molecule has 4 rings (SSSR count). The number of anilines is 1. The van der Waals surface area contributed by atoms with Crippen LogP contribution in [0.4, 0.5) is 5.69 Å². The van der Waals surface area contributed by atoms with E-state index in [2.05, 4.69) is 10.6 Å². The lowest BCUT2D eigenvalue weighted by Crippen LogP contribution is -2.47. The molecule has 1 aliphatic heterocycles. The molecule has 32 heavy (non-hydrogen) atoms. The van der Waals surface area contributed by atoms with Gasteiger partial charge in [-0.05, 0) is 43.0 Å². The summed E-state index contributed by atoms with van der Waals surface area (Å²) in [7, 11) is 1.51. The van der Waals surface area contributed by atoms with E-state index in [0.717, 1.165) is 25.7 Å². The van der Waals surface area contributed by atoms with Crippen LogP contribution < -0.4 is 24.8 Å². The number of benzene rings is 2. The highest BCUT2D eigenvalue weighted by atomic mass is 16.7. The van der Waals surface area contributed by atoms with E-state index >= 15 is 0 Å². The monoisotopic (exact) mass is 438 g/mol. The Bertz CT molecular complexity index is 998. The van der Waals surface area contributed by atoms with Gasteiger partial charge in [0, 0.05) is 24.6 Å². The van der Waals surface area contributed by atoms with Crippen molar-refractivity contribution in [2.45, 2.75) is 57.8 Å². The zero-order valence-electron chi connectivity index (χ0n) is 18.8. The predicted molar refractivity (Wildman–Crippen MR) is 121 cm³/mol. The Kier molecular flexibility index (Phi) is 6.26. The van der Waals surface area contributed by atoms with E-state index < -0.39 is 11.8 Å². The molecule has 0 bridgehead atoms. The molecule has 1 fully saturated rings. The Morgan fingerprint density at radius 1 is 1.00 bits per heavy atom. The molecule has 2 aromatic rings. The summed E-state index contributed by atoms with van der Waals surface area (Å²) in [6.45, 7) is 3.78. The zero-order valence-corrected chi connectivity index (χ0v) is 18.8. The summed E-state index contributed by atoms with van der Waals surface area (Å²) in [5, 5.41) is 5.75. The van der Waals surface area contributed by atoms with Gasteiger partial charge in [-0.2, -0.15) is 0 Å². The van der Waals surface area contributed by atoms with Crippen molar-refractivity contribution < 1.29 is 23.8 Å². The molecule has 1 heterocycles. The molecule has 0 aromatic heterocycles. The fourth-order valence-corrected chi connectivity index (χ4v) is 4.27. The van der Waals surface area contributed by atoms with Crippen molar-refractivity contribution in [3.63, 3.8) is 0 Å². The molecular formula is C25H30N2O5. The van der Waals surface area contributed by atoms with E-state index in [9.17, 15) is 9.59 Å². The van der Waals surface area contributed by atoms with Crippen LogP contribution in [0.3, 0.4) is 0 Å². The Balaban J connectivity index is 1.45. The summed E-state index contributed by atoms with van der Waals surface area (Å²) in [6.07, 6.45) is 5.10. The van der Waals surface area contributed by atoms with Crippen molar-refractivity contribution in [3.8, 4) is 17.2 Å². The molecule has 7 heteroatoms. The Morgan fingerprint density at radius 2 is 1.72 bits per heavy atom. The van der Waals surface area contributed by atoms with Gasteiger partial charge in [0.1, 0.15) is 11.8 Å². The number of carbonyl (C=O) groups excluding carboxylic acids is 2. The van der Waals surface area contributed by atoms with Gasteiger partial charge in [-0.25, -0.2) is 0 Å². The minimum Gasteiger partial charge on any atom is -0.496 e. The second-order valence-corrected chi connectivity index (χ2v) is 8.72. The third-order valence-corrected chi connectivity index (χ3v) is 6.01. The van der Waals surface area contributed by atoms with Crippen LogP contribution in [0, 0.1) is 5.92 Å². The lowest BCUT2D eigenvalue weighted by Gasteiger charge is -2.31. The summed E-state index contributed by atoms with van der Waals surface area (Å²) >= 11 is 0. The minimum atomic E-state index is -0.720. The predicted octanol–water partition coefficient (Wildman–Crippen LogP) is 4.52. The number of hydrogen-bond donors (Lipinski definition) is 2. The van der Waals surface area contributed by atoms with Gasteiger partial charge in [0.2, 0.25) is 5.91 Å². The molecule has 1 atom stereocenters. The number of nitrogens with one attached hydrogen (secondary N) is 2. The third-order valence-electron chi connectivity index (χ3n) is 6.01. The second kappa shape index (κ2) is 9.10. The minimum absolute atomic E-state index is 0.117. The van der Waals surface area contributed by atoms with E-state index in [1.165, 1.54) is 13.5 Å². The first-order chi connectivity index (χ1) is 15.4. The molecule has 7 nitrogen and oxygen atoms in total. The maximum atomic E-state index is 13.0. The molecule has 0 saturated heterocycles. The summed E-state index contributed by atoms with van der Waals surface area (Å²) in [6, 6.07) is 11.6. The number of methoxy groups -OCH3 is 1. The van der Waals surface area contributed by atoms with Crippen molar-refractivity contribution in [3.05, 3.63) is 48.0 Å². The number of carbonyl (C=O) groups is 2. The summed E-state index contributed by atoms with van der Waals surface area (Å²) in [4.78, 5) is 25.9. The first-order valence-electron chi connectivity index (χ1n) is 11.2. The topological polar surface area (TPSA) is 85.9 Å². The summed E-state index contributed by atoms with van der Waals surface area (Å²) in [5.74, 6) is 0.467. The highest BCUT2D eigenvalue weighted by molar-refractivity contribution is 6.02. The SMILES string of the molecule is COc1ccccc1C(=O)N[C@H](C(=O)Nc1ccc2c(c1)OC1(CCCCC1)O2)C(C)C. The Morgan fingerprint density at radius 3 is 2.44 bits per heavy atom. The Labute approximate surface area is 188 Å². The largest absolute Gasteiger partial charge is 0.496 e. The van der Waals surface area contributed by atoms with Crippen molar-refractivity contribution >= 4 is 17.5 Å². The van der Waals surface area contributed by atoms with E-state index in [1.54, 1.807) is 36.4 Å². The van der Waals surface area contributed by atoms with Crippen LogP contribution in [-0.4, -0.2) is 30.8 Å². The van der Waals surface area contributed by atoms with E-state index in [-0.39, 0.29) is 17.7 Å². The van der Waals surface area contributed by atoms with Crippen molar-refractivity contribution in [2.75, 3.05) is 12.4 Å². The lowest BCUT2D eigenvalue weighted by molar-refractivity contribution is -0.118. The van der Waals surface area contributed by atoms with Gasteiger partial charge in [-0.1, -0.05) is 32.4 Å². The van der Waals surface area contributed by atoms with E-state index in [4.69, 9.17) is 14.2 Å². The number of para-hydroxylation sites is 1. The van der Waals surface area contributed by atoms with Crippen LogP contribution >= 0.6 is 0 Å². The zero-order chi connectivity index (χ0) is 22.7. The molecule has 1 spiro atoms. The van der Waals surface area contributed by atoms with Crippen LogP contribution in [-0.2, 0) is 4.79 Å². The smallest absolute Gasteiger partial charge is 0.255 e. The van der Waals surface area contributed by atoms with Crippen LogP contribution in [0.1, 0.15) is 56.3 Å². The molecule has 0 radical (unpaired) electrons. The van der Waals surface area contributed by atoms with E-state index in [1.807, 2.05) is 19.9 Å². The average Bonchev–Trinajstić information content (AvgIpc) is 3.13. The highest BCUT2D eigenvalue weighted by Crippen LogP contribution is 2.46. The molecule has 1 aliphatic carbocycles. The molecule has 2 N–H and O–H groups in total. The van der Waals surface area contributed by atoms with Gasteiger partial charge in [-0.15, -0.1) is 0 Å². The quantitative estimate of drug-likeness (QED) is 0.693. The normalized spacial score (nSPS) is 17.1. The molecule has 170 valence electrons. The van der Waals surface area contributed by atoms with Crippen molar-refractivity contribution in [1.82, 2.24) is 5.32 Å². The fraction of sp³-hybridized carbons (Fsp3) is 0.440. The van der Waals surface area contributed by atoms with Crippen LogP contribution in [0.5, 0.6) is 17.2 Å². The molecule has 2 amide bonds. The summed E-state index contributed by atoms with van der Waals surface area (Å²) < 4.78 is 17.5. The molecule has 0 unspecified atom stereocenters. The highest BCUT2D eigenvalue weighted by Gasteiger charge is 2.42. The van der Waals surface area contributed by atoms with Crippen molar-refractivity contribution in [1.29, 1.82) is 0 Å². The maximum Gasteiger partial charge on any atom is 0.255 e. The van der Waals surface area contributed by atoms with Gasteiger partial charge in [-0.3, -0.25) is 9.59 Å².